The van der Waals surface area contributed by atoms with Crippen molar-refractivity contribution in [3.8, 4) is 9.88 Å². The highest BCUT2D eigenvalue weighted by molar-refractivity contribution is 7.22. The molecule has 3 rings (SSSR count). The second-order valence-corrected chi connectivity index (χ2v) is 8.64. The van der Waals surface area contributed by atoms with Gasteiger partial charge in [-0.25, -0.2) is 4.98 Å². The van der Waals surface area contributed by atoms with Crippen LogP contribution in [0.1, 0.15) is 55.1 Å². The van der Waals surface area contributed by atoms with Crippen molar-refractivity contribution in [3.63, 3.8) is 0 Å². The molecule has 20 heavy (non-hydrogen) atoms. The van der Waals surface area contributed by atoms with Gasteiger partial charge in [0.05, 0.1) is 16.6 Å². The SMILES string of the molecule is CNC1CCCc2sc(-c3ccc(C(C)(C)C)s3)nc21. The quantitative estimate of drug-likeness (QED) is 0.865. The van der Waals surface area contributed by atoms with Crippen LogP contribution in [0.3, 0.4) is 0 Å². The summed E-state index contributed by atoms with van der Waals surface area (Å²) >= 11 is 3.78. The molecule has 0 bridgehead atoms. The van der Waals surface area contributed by atoms with E-state index in [2.05, 4.69) is 38.2 Å². The van der Waals surface area contributed by atoms with Crippen molar-refractivity contribution in [2.24, 2.45) is 0 Å². The summed E-state index contributed by atoms with van der Waals surface area (Å²) in [5.41, 5.74) is 1.53. The maximum Gasteiger partial charge on any atom is 0.133 e. The van der Waals surface area contributed by atoms with Gasteiger partial charge < -0.3 is 5.32 Å². The first kappa shape index (κ1) is 14.2. The Bertz CT molecular complexity index is 604. The number of hydrogen-bond donors (Lipinski definition) is 1. The van der Waals surface area contributed by atoms with E-state index >= 15 is 0 Å². The number of aryl methyl sites for hydroxylation is 1. The summed E-state index contributed by atoms with van der Waals surface area (Å²) in [5.74, 6) is 0. The lowest BCUT2D eigenvalue weighted by Crippen LogP contribution is -2.21. The van der Waals surface area contributed by atoms with Gasteiger partial charge in [-0.15, -0.1) is 22.7 Å². The summed E-state index contributed by atoms with van der Waals surface area (Å²) in [5, 5.41) is 4.61. The van der Waals surface area contributed by atoms with Crippen LogP contribution >= 0.6 is 22.7 Å². The van der Waals surface area contributed by atoms with Gasteiger partial charge in [0.15, 0.2) is 0 Å². The molecule has 1 aliphatic carbocycles. The highest BCUT2D eigenvalue weighted by Crippen LogP contribution is 2.40. The molecule has 2 aromatic heterocycles. The second kappa shape index (κ2) is 5.24. The van der Waals surface area contributed by atoms with E-state index < -0.39 is 0 Å². The molecule has 0 amide bonds. The maximum absolute atomic E-state index is 4.94. The zero-order chi connectivity index (χ0) is 14.3. The fourth-order valence-corrected chi connectivity index (χ4v) is 4.94. The zero-order valence-electron chi connectivity index (χ0n) is 12.6. The molecule has 0 radical (unpaired) electrons. The molecule has 2 aromatic rings. The number of nitrogens with one attached hydrogen (secondary N) is 1. The number of nitrogens with zero attached hydrogens (tertiary/aromatic N) is 1. The molecule has 0 aliphatic heterocycles. The molecular weight excluding hydrogens is 284 g/mol. The van der Waals surface area contributed by atoms with E-state index in [1.165, 1.54) is 44.6 Å². The van der Waals surface area contributed by atoms with E-state index in [1.807, 2.05) is 29.7 Å². The minimum atomic E-state index is 0.229. The Kier molecular flexibility index (Phi) is 3.73. The summed E-state index contributed by atoms with van der Waals surface area (Å²) in [7, 11) is 2.04. The Hall–Kier alpha value is -0.710. The van der Waals surface area contributed by atoms with Crippen molar-refractivity contribution >= 4 is 22.7 Å². The lowest BCUT2D eigenvalue weighted by atomic mass is 9.95. The van der Waals surface area contributed by atoms with Gasteiger partial charge in [0.2, 0.25) is 0 Å². The van der Waals surface area contributed by atoms with Crippen molar-refractivity contribution in [2.75, 3.05) is 7.05 Å². The molecular formula is C16H22N2S2. The van der Waals surface area contributed by atoms with Crippen LogP contribution < -0.4 is 5.32 Å². The van der Waals surface area contributed by atoms with Crippen LogP contribution in [0.15, 0.2) is 12.1 Å². The van der Waals surface area contributed by atoms with Crippen LogP contribution in [0.2, 0.25) is 0 Å². The molecule has 1 N–H and O–H groups in total. The van der Waals surface area contributed by atoms with E-state index in [9.17, 15) is 0 Å². The van der Waals surface area contributed by atoms with Crippen LogP contribution in [0, 0.1) is 0 Å². The molecule has 108 valence electrons. The van der Waals surface area contributed by atoms with Crippen LogP contribution in [0.25, 0.3) is 9.88 Å². The van der Waals surface area contributed by atoms with E-state index in [4.69, 9.17) is 4.98 Å². The molecule has 2 nitrogen and oxygen atoms in total. The Morgan fingerprint density at radius 2 is 2.05 bits per heavy atom. The third kappa shape index (κ3) is 2.57. The van der Waals surface area contributed by atoms with E-state index in [0.29, 0.717) is 6.04 Å². The van der Waals surface area contributed by atoms with E-state index in [-0.39, 0.29) is 5.41 Å². The monoisotopic (exact) mass is 306 g/mol. The predicted molar refractivity (Wildman–Crippen MR) is 88.9 cm³/mol. The molecule has 0 saturated heterocycles. The van der Waals surface area contributed by atoms with Crippen molar-refractivity contribution in [3.05, 3.63) is 27.6 Å². The fourth-order valence-electron chi connectivity index (χ4n) is 2.66. The Morgan fingerprint density at radius 1 is 1.25 bits per heavy atom. The summed E-state index contributed by atoms with van der Waals surface area (Å²) in [6, 6.07) is 4.95. The summed E-state index contributed by atoms with van der Waals surface area (Å²) < 4.78 is 0. The minimum absolute atomic E-state index is 0.229. The Morgan fingerprint density at radius 3 is 2.70 bits per heavy atom. The highest BCUT2D eigenvalue weighted by atomic mass is 32.1. The molecule has 0 fully saturated rings. The van der Waals surface area contributed by atoms with Gasteiger partial charge in [-0.3, -0.25) is 0 Å². The molecule has 0 spiro atoms. The van der Waals surface area contributed by atoms with Gasteiger partial charge in [-0.05, 0) is 43.9 Å². The first-order chi connectivity index (χ1) is 9.49. The summed E-state index contributed by atoms with van der Waals surface area (Å²) in [4.78, 5) is 9.18. The van der Waals surface area contributed by atoms with Gasteiger partial charge >= 0.3 is 0 Å². The lowest BCUT2D eigenvalue weighted by molar-refractivity contribution is 0.490. The van der Waals surface area contributed by atoms with Gasteiger partial charge in [0, 0.05) is 9.75 Å². The first-order valence-corrected chi connectivity index (χ1v) is 8.90. The van der Waals surface area contributed by atoms with E-state index in [0.717, 1.165) is 0 Å². The molecule has 0 saturated carbocycles. The number of thiophene rings is 1. The average molecular weight is 306 g/mol. The molecule has 2 heterocycles. The van der Waals surface area contributed by atoms with Gasteiger partial charge in [-0.1, -0.05) is 20.8 Å². The number of thiazole rings is 1. The fraction of sp³-hybridized carbons (Fsp3) is 0.562. The molecule has 1 aliphatic rings. The van der Waals surface area contributed by atoms with E-state index in [1.54, 1.807) is 0 Å². The third-order valence-corrected chi connectivity index (χ3v) is 6.67. The Balaban J connectivity index is 1.95. The standard InChI is InChI=1S/C16H22N2S2/c1-16(2,3)13-9-8-12(19-13)15-18-14-10(17-4)6-5-7-11(14)20-15/h8-10,17H,5-7H2,1-4H3. The first-order valence-electron chi connectivity index (χ1n) is 7.26. The summed E-state index contributed by atoms with van der Waals surface area (Å²) in [6.45, 7) is 6.81. The number of rotatable bonds is 2. The van der Waals surface area contributed by atoms with Crippen molar-refractivity contribution in [2.45, 2.75) is 51.5 Å². The minimum Gasteiger partial charge on any atom is -0.312 e. The highest BCUT2D eigenvalue weighted by Gasteiger charge is 2.25. The third-order valence-electron chi connectivity index (χ3n) is 3.86. The topological polar surface area (TPSA) is 24.9 Å². The van der Waals surface area contributed by atoms with Crippen LogP contribution in [0.4, 0.5) is 0 Å². The van der Waals surface area contributed by atoms with Crippen molar-refractivity contribution in [1.29, 1.82) is 0 Å². The lowest BCUT2D eigenvalue weighted by Gasteiger charge is -2.19. The van der Waals surface area contributed by atoms with Gasteiger partial charge in [0.1, 0.15) is 5.01 Å². The zero-order valence-corrected chi connectivity index (χ0v) is 14.3. The molecule has 1 atom stereocenters. The van der Waals surface area contributed by atoms with Crippen molar-refractivity contribution < 1.29 is 0 Å². The van der Waals surface area contributed by atoms with Gasteiger partial charge in [-0.2, -0.15) is 0 Å². The molecule has 0 aromatic carbocycles. The summed E-state index contributed by atoms with van der Waals surface area (Å²) in [6.07, 6.45) is 3.69. The molecule has 4 heteroatoms. The number of fused-ring (bicyclic) bond motifs is 1. The number of hydrogen-bond acceptors (Lipinski definition) is 4. The van der Waals surface area contributed by atoms with Crippen molar-refractivity contribution in [1.82, 2.24) is 10.3 Å². The van der Waals surface area contributed by atoms with Gasteiger partial charge in [0.25, 0.3) is 0 Å². The molecule has 1 unspecified atom stereocenters. The average Bonchev–Trinajstić information content (AvgIpc) is 3.03. The largest absolute Gasteiger partial charge is 0.312 e. The Labute approximate surface area is 129 Å². The smallest absolute Gasteiger partial charge is 0.133 e. The normalized spacial score (nSPS) is 19.1. The van der Waals surface area contributed by atoms with Crippen LogP contribution in [-0.4, -0.2) is 12.0 Å². The maximum atomic E-state index is 4.94. The predicted octanol–water partition coefficient (Wildman–Crippen LogP) is 4.77. The number of aromatic nitrogens is 1. The van der Waals surface area contributed by atoms with Crippen LogP contribution in [-0.2, 0) is 11.8 Å². The van der Waals surface area contributed by atoms with Crippen LogP contribution in [0.5, 0.6) is 0 Å². The second-order valence-electron chi connectivity index (χ2n) is 6.47.